The number of rotatable bonds is 3. The molecule has 1 aromatic rings. The van der Waals surface area contributed by atoms with E-state index in [4.69, 9.17) is 4.74 Å². The first-order valence-corrected chi connectivity index (χ1v) is 7.63. The van der Waals surface area contributed by atoms with Crippen molar-refractivity contribution in [2.75, 3.05) is 13.1 Å². The minimum absolute atomic E-state index is 0.0968. The van der Waals surface area contributed by atoms with Crippen LogP contribution in [0.3, 0.4) is 0 Å². The summed E-state index contributed by atoms with van der Waals surface area (Å²) in [6.07, 6.45) is 1.13. The van der Waals surface area contributed by atoms with Gasteiger partial charge in [0.05, 0.1) is 0 Å². The molecule has 0 atom stereocenters. The lowest BCUT2D eigenvalue weighted by molar-refractivity contribution is 0.136. The third kappa shape index (κ3) is 4.95. The molecule has 0 aliphatic carbocycles. The molecule has 1 aliphatic rings. The zero-order valence-corrected chi connectivity index (χ0v) is 13.0. The zero-order valence-electron chi connectivity index (χ0n) is 13.0. The van der Waals surface area contributed by atoms with Gasteiger partial charge in [-0.25, -0.2) is 9.59 Å². The fraction of sp³-hybridized carbons (Fsp3) is 0.500. The van der Waals surface area contributed by atoms with Gasteiger partial charge in [0.2, 0.25) is 0 Å². The van der Waals surface area contributed by atoms with Crippen LogP contribution in [0.4, 0.5) is 9.59 Å². The summed E-state index contributed by atoms with van der Waals surface area (Å²) in [5, 5.41) is 5.73. The largest absolute Gasteiger partial charge is 0.415 e. The molecule has 0 bridgehead atoms. The number of hydrogen-bond donors (Lipinski definition) is 2. The summed E-state index contributed by atoms with van der Waals surface area (Å²) in [4.78, 5) is 25.4. The summed E-state index contributed by atoms with van der Waals surface area (Å²) >= 11 is 0. The first-order valence-electron chi connectivity index (χ1n) is 7.63. The van der Waals surface area contributed by atoms with Crippen LogP contribution >= 0.6 is 0 Å². The summed E-state index contributed by atoms with van der Waals surface area (Å²) in [5.41, 5.74) is 0. The van der Waals surface area contributed by atoms with Gasteiger partial charge < -0.3 is 20.3 Å². The van der Waals surface area contributed by atoms with E-state index in [1.807, 2.05) is 32.0 Å². The highest BCUT2D eigenvalue weighted by atomic mass is 16.6. The van der Waals surface area contributed by atoms with Gasteiger partial charge in [0, 0.05) is 25.2 Å². The lowest BCUT2D eigenvalue weighted by Gasteiger charge is -2.31. The van der Waals surface area contributed by atoms with E-state index in [2.05, 4.69) is 10.6 Å². The maximum Gasteiger partial charge on any atom is 0.415 e. The number of hydrogen-bond acceptors (Lipinski definition) is 3. The second-order valence-corrected chi connectivity index (χ2v) is 5.71. The zero-order chi connectivity index (χ0) is 15.9. The number of likely N-dealkylation sites (tertiary alicyclic amines) is 1. The van der Waals surface area contributed by atoms with E-state index in [0.717, 1.165) is 12.8 Å². The Morgan fingerprint density at radius 3 is 2.41 bits per heavy atom. The number of carbonyl (C=O) groups is 2. The number of amides is 3. The molecule has 0 radical (unpaired) electrons. The van der Waals surface area contributed by atoms with Gasteiger partial charge in [-0.3, -0.25) is 0 Å². The van der Waals surface area contributed by atoms with Crippen LogP contribution in [0.25, 0.3) is 0 Å². The Morgan fingerprint density at radius 1 is 1.18 bits per heavy atom. The fourth-order valence-electron chi connectivity index (χ4n) is 2.35. The van der Waals surface area contributed by atoms with Gasteiger partial charge in [-0.05, 0) is 38.8 Å². The quantitative estimate of drug-likeness (QED) is 0.900. The van der Waals surface area contributed by atoms with E-state index in [1.54, 1.807) is 17.0 Å². The van der Waals surface area contributed by atoms with Crippen LogP contribution in [0.1, 0.15) is 26.7 Å². The number of nitrogens with zero attached hydrogens (tertiary/aromatic N) is 1. The van der Waals surface area contributed by atoms with Gasteiger partial charge in [-0.1, -0.05) is 18.2 Å². The molecule has 2 rings (SSSR count). The Bertz CT molecular complexity index is 497. The predicted molar refractivity (Wildman–Crippen MR) is 83.9 cm³/mol. The Labute approximate surface area is 130 Å². The van der Waals surface area contributed by atoms with Crippen molar-refractivity contribution < 1.29 is 14.3 Å². The highest BCUT2D eigenvalue weighted by molar-refractivity contribution is 5.74. The number of nitrogens with one attached hydrogen (secondary N) is 2. The molecule has 120 valence electrons. The lowest BCUT2D eigenvalue weighted by atomic mass is 10.1. The molecule has 6 heteroatoms. The average molecular weight is 305 g/mol. The molecule has 1 fully saturated rings. The van der Waals surface area contributed by atoms with Gasteiger partial charge >= 0.3 is 12.1 Å². The monoisotopic (exact) mass is 305 g/mol. The number of urea groups is 1. The smallest absolute Gasteiger partial charge is 0.410 e. The van der Waals surface area contributed by atoms with Gasteiger partial charge in [-0.15, -0.1) is 0 Å². The van der Waals surface area contributed by atoms with Gasteiger partial charge in [0.15, 0.2) is 0 Å². The van der Waals surface area contributed by atoms with Crippen molar-refractivity contribution in [3.8, 4) is 5.75 Å². The number of para-hydroxylation sites is 1. The van der Waals surface area contributed by atoms with E-state index >= 15 is 0 Å². The van der Waals surface area contributed by atoms with Crippen LogP contribution in [-0.2, 0) is 0 Å². The lowest BCUT2D eigenvalue weighted by Crippen LogP contribution is -2.50. The SMILES string of the molecule is CC(C)NC(=O)NC1CCN(C(=O)Oc2ccccc2)CC1. The Morgan fingerprint density at radius 2 is 1.82 bits per heavy atom. The summed E-state index contributed by atoms with van der Waals surface area (Å²) in [6.45, 7) is 5.00. The average Bonchev–Trinajstić information content (AvgIpc) is 2.48. The Kier molecular flexibility index (Phi) is 5.63. The summed E-state index contributed by atoms with van der Waals surface area (Å²) < 4.78 is 5.31. The molecule has 22 heavy (non-hydrogen) atoms. The van der Waals surface area contributed by atoms with E-state index in [0.29, 0.717) is 18.8 Å². The third-order valence-electron chi connectivity index (χ3n) is 3.46. The molecular formula is C16H23N3O3. The summed E-state index contributed by atoms with van der Waals surface area (Å²) in [5.74, 6) is 0.545. The highest BCUT2D eigenvalue weighted by Gasteiger charge is 2.25. The molecule has 0 saturated carbocycles. The van der Waals surface area contributed by atoms with Crippen molar-refractivity contribution in [1.29, 1.82) is 0 Å². The van der Waals surface area contributed by atoms with Crippen molar-refractivity contribution in [3.05, 3.63) is 30.3 Å². The number of benzene rings is 1. The second kappa shape index (κ2) is 7.68. The van der Waals surface area contributed by atoms with Crippen LogP contribution in [0, 0.1) is 0 Å². The van der Waals surface area contributed by atoms with Crippen LogP contribution < -0.4 is 15.4 Å². The Hall–Kier alpha value is -2.24. The van der Waals surface area contributed by atoms with Crippen molar-refractivity contribution in [3.63, 3.8) is 0 Å². The maximum atomic E-state index is 12.0. The highest BCUT2D eigenvalue weighted by Crippen LogP contribution is 2.14. The molecule has 0 spiro atoms. The molecule has 0 aromatic heterocycles. The first-order chi connectivity index (χ1) is 10.5. The molecule has 1 aliphatic heterocycles. The molecule has 2 N–H and O–H groups in total. The van der Waals surface area contributed by atoms with Crippen molar-refractivity contribution in [2.24, 2.45) is 0 Å². The topological polar surface area (TPSA) is 70.7 Å². The second-order valence-electron chi connectivity index (χ2n) is 5.71. The number of carbonyl (C=O) groups excluding carboxylic acids is 2. The van der Waals surface area contributed by atoms with Gasteiger partial charge in [0.25, 0.3) is 0 Å². The van der Waals surface area contributed by atoms with E-state index in [9.17, 15) is 9.59 Å². The van der Waals surface area contributed by atoms with E-state index in [1.165, 1.54) is 0 Å². The molecule has 0 unspecified atom stereocenters. The number of ether oxygens (including phenoxy) is 1. The van der Waals surface area contributed by atoms with Crippen LogP contribution in [0.15, 0.2) is 30.3 Å². The molecular weight excluding hydrogens is 282 g/mol. The maximum absolute atomic E-state index is 12.0. The standard InChI is InChI=1S/C16H23N3O3/c1-12(2)17-15(20)18-13-8-10-19(11-9-13)16(21)22-14-6-4-3-5-7-14/h3-7,12-13H,8-11H2,1-2H3,(H2,17,18,20). The van der Waals surface area contributed by atoms with E-state index in [-0.39, 0.29) is 24.2 Å². The van der Waals surface area contributed by atoms with Crippen LogP contribution in [0.5, 0.6) is 5.75 Å². The molecule has 1 saturated heterocycles. The third-order valence-corrected chi connectivity index (χ3v) is 3.46. The first kappa shape index (κ1) is 16.1. The van der Waals surface area contributed by atoms with Crippen molar-refractivity contribution in [2.45, 2.75) is 38.8 Å². The normalized spacial score (nSPS) is 15.5. The van der Waals surface area contributed by atoms with Crippen molar-refractivity contribution in [1.82, 2.24) is 15.5 Å². The number of piperidine rings is 1. The Balaban J connectivity index is 1.75. The van der Waals surface area contributed by atoms with Crippen molar-refractivity contribution >= 4 is 12.1 Å². The van der Waals surface area contributed by atoms with Gasteiger partial charge in [0.1, 0.15) is 5.75 Å². The molecule has 1 heterocycles. The van der Waals surface area contributed by atoms with Gasteiger partial charge in [-0.2, -0.15) is 0 Å². The minimum atomic E-state index is -0.337. The van der Waals surface area contributed by atoms with Crippen LogP contribution in [-0.4, -0.2) is 42.2 Å². The molecule has 1 aromatic carbocycles. The minimum Gasteiger partial charge on any atom is -0.410 e. The molecule has 6 nitrogen and oxygen atoms in total. The summed E-state index contributed by atoms with van der Waals surface area (Å²) in [6, 6.07) is 9.08. The predicted octanol–water partition coefficient (Wildman–Crippen LogP) is 2.36. The van der Waals surface area contributed by atoms with Crippen LogP contribution in [0.2, 0.25) is 0 Å². The van der Waals surface area contributed by atoms with E-state index < -0.39 is 0 Å². The summed E-state index contributed by atoms with van der Waals surface area (Å²) in [7, 11) is 0. The fourth-order valence-corrected chi connectivity index (χ4v) is 2.35. The molecule has 3 amide bonds.